The molecule has 2 aromatic heterocycles. The predicted octanol–water partition coefficient (Wildman–Crippen LogP) is 2.99. The van der Waals surface area contributed by atoms with E-state index >= 15 is 0 Å². The summed E-state index contributed by atoms with van der Waals surface area (Å²) in [5.74, 6) is 1.23. The van der Waals surface area contributed by atoms with E-state index in [-0.39, 0.29) is 21.9 Å². The summed E-state index contributed by atoms with van der Waals surface area (Å²) in [6.45, 7) is 1.36. The largest absolute Gasteiger partial charge is 0.492 e. The number of benzene rings is 1. The molecule has 1 aliphatic heterocycles. The van der Waals surface area contributed by atoms with Gasteiger partial charge >= 0.3 is 0 Å². The van der Waals surface area contributed by atoms with Crippen molar-refractivity contribution >= 4 is 55.6 Å². The summed E-state index contributed by atoms with van der Waals surface area (Å²) < 4.78 is 33.7. The zero-order chi connectivity index (χ0) is 20.6. The van der Waals surface area contributed by atoms with E-state index in [4.69, 9.17) is 27.8 Å². The number of hydrogen-bond donors (Lipinski definition) is 2. The van der Waals surface area contributed by atoms with Gasteiger partial charge in [0.15, 0.2) is 0 Å². The van der Waals surface area contributed by atoms with E-state index in [0.717, 1.165) is 11.3 Å². The number of thiophene rings is 1. The Bertz CT molecular complexity index is 1140. The molecule has 29 heavy (non-hydrogen) atoms. The molecule has 4 N–H and O–H groups in total. The normalized spacial score (nSPS) is 16.3. The van der Waals surface area contributed by atoms with E-state index in [2.05, 4.69) is 9.97 Å². The summed E-state index contributed by atoms with van der Waals surface area (Å²) in [5, 5.41) is 0.635. The SMILES string of the molecule is Nc1nc(N)c2c(OCC3CCN(S(=O)(=O)c4ccc(Cl)s4)CC3)cccc2n1. The van der Waals surface area contributed by atoms with Crippen LogP contribution in [0.1, 0.15) is 12.8 Å². The van der Waals surface area contributed by atoms with Crippen molar-refractivity contribution in [1.29, 1.82) is 0 Å². The molecule has 8 nitrogen and oxygen atoms in total. The molecule has 0 atom stereocenters. The number of anilines is 2. The van der Waals surface area contributed by atoms with E-state index < -0.39 is 10.0 Å². The number of piperidine rings is 1. The Hall–Kier alpha value is -2.14. The molecule has 0 radical (unpaired) electrons. The zero-order valence-corrected chi connectivity index (χ0v) is 17.8. The van der Waals surface area contributed by atoms with E-state index in [1.807, 2.05) is 12.1 Å². The molecule has 3 aromatic rings. The second kappa shape index (κ2) is 7.94. The van der Waals surface area contributed by atoms with Gasteiger partial charge in [0.05, 0.1) is 21.8 Å². The topological polar surface area (TPSA) is 124 Å². The molecule has 0 bridgehead atoms. The smallest absolute Gasteiger partial charge is 0.252 e. The Balaban J connectivity index is 1.40. The molecule has 1 fully saturated rings. The Morgan fingerprint density at radius 1 is 1.17 bits per heavy atom. The summed E-state index contributed by atoms with van der Waals surface area (Å²) in [6, 6.07) is 8.60. The molecule has 0 amide bonds. The molecule has 0 unspecified atom stereocenters. The van der Waals surface area contributed by atoms with Crippen LogP contribution >= 0.6 is 22.9 Å². The maximum Gasteiger partial charge on any atom is 0.252 e. The van der Waals surface area contributed by atoms with Crippen LogP contribution in [-0.4, -0.2) is 42.4 Å². The minimum absolute atomic E-state index is 0.118. The minimum Gasteiger partial charge on any atom is -0.492 e. The van der Waals surface area contributed by atoms with Gasteiger partial charge in [-0.25, -0.2) is 13.4 Å². The fourth-order valence-electron chi connectivity index (χ4n) is 3.41. The Morgan fingerprint density at radius 2 is 1.93 bits per heavy atom. The zero-order valence-electron chi connectivity index (χ0n) is 15.4. The highest BCUT2D eigenvalue weighted by atomic mass is 35.5. The first-order valence-electron chi connectivity index (χ1n) is 9.04. The van der Waals surface area contributed by atoms with Crippen LogP contribution in [0.5, 0.6) is 5.75 Å². The lowest BCUT2D eigenvalue weighted by Crippen LogP contribution is -2.39. The summed E-state index contributed by atoms with van der Waals surface area (Å²) in [5.41, 5.74) is 12.3. The van der Waals surface area contributed by atoms with Gasteiger partial charge in [0.2, 0.25) is 5.95 Å². The van der Waals surface area contributed by atoms with E-state index in [0.29, 0.717) is 53.5 Å². The molecule has 1 saturated heterocycles. The van der Waals surface area contributed by atoms with Crippen molar-refractivity contribution in [3.8, 4) is 5.75 Å². The fraction of sp³-hybridized carbons (Fsp3) is 0.333. The van der Waals surface area contributed by atoms with Crippen molar-refractivity contribution in [1.82, 2.24) is 14.3 Å². The maximum atomic E-state index is 12.7. The van der Waals surface area contributed by atoms with Gasteiger partial charge in [0.1, 0.15) is 15.8 Å². The van der Waals surface area contributed by atoms with Crippen molar-refractivity contribution in [2.45, 2.75) is 17.1 Å². The molecule has 3 heterocycles. The van der Waals surface area contributed by atoms with Crippen LogP contribution in [0.15, 0.2) is 34.5 Å². The van der Waals surface area contributed by atoms with Crippen molar-refractivity contribution in [3.63, 3.8) is 0 Å². The Labute approximate surface area is 177 Å². The van der Waals surface area contributed by atoms with Crippen LogP contribution in [0.4, 0.5) is 11.8 Å². The first-order chi connectivity index (χ1) is 13.8. The number of fused-ring (bicyclic) bond motifs is 1. The van der Waals surface area contributed by atoms with Crippen LogP contribution in [0, 0.1) is 5.92 Å². The van der Waals surface area contributed by atoms with Crippen LogP contribution < -0.4 is 16.2 Å². The Kier molecular flexibility index (Phi) is 5.52. The number of aromatic nitrogens is 2. The molecule has 154 valence electrons. The highest BCUT2D eigenvalue weighted by Crippen LogP contribution is 2.32. The third-order valence-corrected chi connectivity index (χ3v) is 8.52. The molecule has 1 aliphatic rings. The highest BCUT2D eigenvalue weighted by Gasteiger charge is 2.30. The number of halogens is 1. The molecular weight excluding hydrogens is 434 g/mol. The third-order valence-electron chi connectivity index (χ3n) is 4.92. The van der Waals surface area contributed by atoms with Gasteiger partial charge in [-0.1, -0.05) is 17.7 Å². The lowest BCUT2D eigenvalue weighted by atomic mass is 9.99. The second-order valence-corrected chi connectivity index (χ2v) is 10.7. The number of rotatable bonds is 5. The lowest BCUT2D eigenvalue weighted by Gasteiger charge is -2.30. The van der Waals surface area contributed by atoms with Crippen LogP contribution in [-0.2, 0) is 10.0 Å². The lowest BCUT2D eigenvalue weighted by molar-refractivity contribution is 0.187. The predicted molar refractivity (Wildman–Crippen MR) is 115 cm³/mol. The van der Waals surface area contributed by atoms with Crippen molar-refractivity contribution in [2.75, 3.05) is 31.2 Å². The number of nitrogens with two attached hydrogens (primary N) is 2. The first-order valence-corrected chi connectivity index (χ1v) is 11.7. The van der Waals surface area contributed by atoms with Crippen LogP contribution in [0.25, 0.3) is 10.9 Å². The average Bonchev–Trinajstić information content (AvgIpc) is 3.13. The quantitative estimate of drug-likeness (QED) is 0.608. The van der Waals surface area contributed by atoms with Gasteiger partial charge in [0.25, 0.3) is 10.0 Å². The number of nitrogen functional groups attached to an aromatic ring is 2. The van der Waals surface area contributed by atoms with Crippen LogP contribution in [0.2, 0.25) is 4.34 Å². The van der Waals surface area contributed by atoms with Crippen molar-refractivity contribution in [3.05, 3.63) is 34.7 Å². The van der Waals surface area contributed by atoms with Gasteiger partial charge in [0, 0.05) is 13.1 Å². The standard InChI is InChI=1S/C18H20ClN5O3S2/c19-14-4-5-15(28-14)29(25,26)24-8-6-11(7-9-24)10-27-13-3-1-2-12-16(13)17(20)23-18(21)22-12/h1-5,11H,6-10H2,(H4,20,21,22,23). The summed E-state index contributed by atoms with van der Waals surface area (Å²) in [7, 11) is -3.49. The van der Waals surface area contributed by atoms with E-state index in [9.17, 15) is 8.42 Å². The van der Waals surface area contributed by atoms with E-state index in [1.165, 1.54) is 4.31 Å². The van der Waals surface area contributed by atoms with Gasteiger partial charge in [-0.15, -0.1) is 11.3 Å². The number of sulfonamides is 1. The highest BCUT2D eigenvalue weighted by molar-refractivity contribution is 7.91. The van der Waals surface area contributed by atoms with Gasteiger partial charge < -0.3 is 16.2 Å². The molecular formula is C18H20ClN5O3S2. The Morgan fingerprint density at radius 3 is 2.62 bits per heavy atom. The molecule has 0 saturated carbocycles. The monoisotopic (exact) mass is 453 g/mol. The first kappa shape index (κ1) is 20.1. The molecule has 0 spiro atoms. The average molecular weight is 454 g/mol. The summed E-state index contributed by atoms with van der Waals surface area (Å²) in [6.07, 6.45) is 1.42. The fourth-order valence-corrected chi connectivity index (χ4v) is 6.51. The summed E-state index contributed by atoms with van der Waals surface area (Å²) >= 11 is 6.96. The maximum absolute atomic E-state index is 12.7. The van der Waals surface area contributed by atoms with Crippen LogP contribution in [0.3, 0.4) is 0 Å². The number of ether oxygens (including phenoxy) is 1. The molecule has 1 aromatic carbocycles. The van der Waals surface area contributed by atoms with E-state index in [1.54, 1.807) is 18.2 Å². The van der Waals surface area contributed by atoms with Gasteiger partial charge in [-0.2, -0.15) is 9.29 Å². The number of nitrogens with zero attached hydrogens (tertiary/aromatic N) is 3. The van der Waals surface area contributed by atoms with Crippen molar-refractivity contribution < 1.29 is 13.2 Å². The minimum atomic E-state index is -3.49. The summed E-state index contributed by atoms with van der Waals surface area (Å²) in [4.78, 5) is 8.19. The number of hydrogen-bond acceptors (Lipinski definition) is 8. The third kappa shape index (κ3) is 4.11. The molecule has 4 rings (SSSR count). The van der Waals surface area contributed by atoms with Gasteiger partial charge in [-0.05, 0) is 43.0 Å². The van der Waals surface area contributed by atoms with Gasteiger partial charge in [-0.3, -0.25) is 0 Å². The van der Waals surface area contributed by atoms with Crippen molar-refractivity contribution in [2.24, 2.45) is 5.92 Å². The molecule has 0 aliphatic carbocycles. The second-order valence-electron chi connectivity index (χ2n) is 6.83. The molecule has 11 heteroatoms.